The first kappa shape index (κ1) is 23.2. The van der Waals surface area contributed by atoms with Crippen LogP contribution in [0.25, 0.3) is 0 Å². The predicted octanol–water partition coefficient (Wildman–Crippen LogP) is 1.66. The van der Waals surface area contributed by atoms with E-state index < -0.39 is 40.4 Å². The number of H-pyrrole nitrogens is 1. The minimum Gasteiger partial charge on any atom is -0.462 e. The van der Waals surface area contributed by atoms with Gasteiger partial charge in [0, 0.05) is 17.0 Å². The van der Waals surface area contributed by atoms with E-state index in [1.54, 1.807) is 39.0 Å². The van der Waals surface area contributed by atoms with Crippen molar-refractivity contribution in [2.24, 2.45) is 4.99 Å². The van der Waals surface area contributed by atoms with E-state index in [1.165, 1.54) is 13.0 Å². The molecule has 11 heteroatoms. The Morgan fingerprint density at radius 1 is 1.06 bits per heavy atom. The Labute approximate surface area is 185 Å². The molecule has 0 bridgehead atoms. The number of aliphatic imine (C=N–C) groups is 1. The van der Waals surface area contributed by atoms with E-state index in [-0.39, 0.29) is 28.5 Å². The summed E-state index contributed by atoms with van der Waals surface area (Å²) in [5.74, 6) is -2.01. The number of hydrogen-bond acceptors (Lipinski definition) is 8. The van der Waals surface area contributed by atoms with Crippen LogP contribution in [0.2, 0.25) is 0 Å². The molecular formula is C21H23N3O7S. The molecule has 1 aromatic heterocycles. The predicted molar refractivity (Wildman–Crippen MR) is 114 cm³/mol. The van der Waals surface area contributed by atoms with E-state index in [2.05, 4.69) is 14.7 Å². The van der Waals surface area contributed by atoms with Crippen LogP contribution in [0.5, 0.6) is 0 Å². The summed E-state index contributed by atoms with van der Waals surface area (Å²) in [7, 11) is -3.74. The van der Waals surface area contributed by atoms with Gasteiger partial charge < -0.3 is 14.5 Å². The normalized spacial score (nSPS) is 16.2. The van der Waals surface area contributed by atoms with Crippen molar-refractivity contribution in [3.05, 3.63) is 52.3 Å². The van der Waals surface area contributed by atoms with Crippen molar-refractivity contribution in [2.45, 2.75) is 38.6 Å². The van der Waals surface area contributed by atoms with Crippen LogP contribution in [-0.4, -0.2) is 56.2 Å². The van der Waals surface area contributed by atoms with Crippen molar-refractivity contribution in [1.82, 2.24) is 9.71 Å². The van der Waals surface area contributed by atoms with Crippen molar-refractivity contribution in [1.29, 1.82) is 0 Å². The zero-order valence-corrected chi connectivity index (χ0v) is 18.8. The number of nitrogens with zero attached hydrogens (tertiary/aromatic N) is 1. The van der Waals surface area contributed by atoms with Crippen molar-refractivity contribution in [3.63, 3.8) is 0 Å². The van der Waals surface area contributed by atoms with Crippen LogP contribution in [0.3, 0.4) is 0 Å². The van der Waals surface area contributed by atoms with Gasteiger partial charge in [-0.3, -0.25) is 14.5 Å². The molecule has 170 valence electrons. The lowest BCUT2D eigenvalue weighted by atomic mass is 10.1. The molecule has 0 amide bonds. The van der Waals surface area contributed by atoms with Gasteiger partial charge in [0.15, 0.2) is 6.61 Å². The maximum absolute atomic E-state index is 12.7. The quantitative estimate of drug-likeness (QED) is 0.471. The highest BCUT2D eigenvalue weighted by Gasteiger charge is 2.32. The van der Waals surface area contributed by atoms with Crippen LogP contribution < -0.4 is 4.72 Å². The molecule has 0 unspecified atom stereocenters. The Balaban J connectivity index is 1.73. The third kappa shape index (κ3) is 4.42. The van der Waals surface area contributed by atoms with Gasteiger partial charge in [0.2, 0.25) is 5.78 Å². The second kappa shape index (κ2) is 8.95. The number of esters is 2. The molecular weight excluding hydrogens is 438 g/mol. The van der Waals surface area contributed by atoms with Gasteiger partial charge in [0.05, 0.1) is 22.6 Å². The van der Waals surface area contributed by atoms with Gasteiger partial charge in [-0.1, -0.05) is 12.1 Å². The zero-order chi connectivity index (χ0) is 23.6. The van der Waals surface area contributed by atoms with Crippen molar-refractivity contribution in [3.8, 4) is 0 Å². The number of carbonyl (C=O) groups excluding carboxylic acids is 3. The lowest BCUT2D eigenvalue weighted by Crippen LogP contribution is -2.28. The molecule has 1 aliphatic rings. The number of hydrogen-bond donors (Lipinski definition) is 2. The van der Waals surface area contributed by atoms with E-state index in [0.717, 1.165) is 0 Å². The summed E-state index contributed by atoms with van der Waals surface area (Å²) in [5, 5.41) is 0. The number of ether oxygens (including phenoxy) is 2. The molecule has 2 N–H and O–H groups in total. The van der Waals surface area contributed by atoms with Crippen LogP contribution in [-0.2, 0) is 24.3 Å². The molecule has 0 aliphatic carbocycles. The maximum Gasteiger partial charge on any atom is 0.340 e. The Hall–Kier alpha value is -3.47. The van der Waals surface area contributed by atoms with Crippen LogP contribution in [0, 0.1) is 13.8 Å². The number of rotatable bonds is 7. The fourth-order valence-corrected chi connectivity index (χ4v) is 4.63. The van der Waals surface area contributed by atoms with Crippen LogP contribution in [0.1, 0.15) is 51.5 Å². The summed E-state index contributed by atoms with van der Waals surface area (Å²) in [6, 6.07) is 5.16. The molecule has 1 aliphatic heterocycles. The monoisotopic (exact) mass is 461 g/mol. The Bertz CT molecular complexity index is 1230. The standard InChI is InChI=1S/C21H23N3O7S/c1-5-30-21(27)18-12(3)22-11(2)17(18)15(25)10-31-20(26)13(4)23-19-14-8-6-7-9-16(14)32(28,29)24-19/h6-9,13,22H,5,10H2,1-4H3,(H,23,24)/t13-/m0/s1. The average molecular weight is 461 g/mol. The van der Waals surface area contributed by atoms with E-state index in [1.807, 2.05) is 0 Å². The molecule has 32 heavy (non-hydrogen) atoms. The van der Waals surface area contributed by atoms with Crippen molar-refractivity contribution in [2.75, 3.05) is 13.2 Å². The summed E-state index contributed by atoms with van der Waals surface area (Å²) < 4.78 is 36.7. The molecule has 3 rings (SSSR count). The number of carbonyl (C=O) groups is 3. The summed E-state index contributed by atoms with van der Waals surface area (Å²) >= 11 is 0. The molecule has 2 heterocycles. The Morgan fingerprint density at radius 3 is 2.41 bits per heavy atom. The number of aromatic nitrogens is 1. The van der Waals surface area contributed by atoms with E-state index in [4.69, 9.17) is 9.47 Å². The number of aromatic amines is 1. The lowest BCUT2D eigenvalue weighted by Gasteiger charge is -2.10. The minimum atomic E-state index is -3.74. The third-order valence-electron chi connectivity index (χ3n) is 4.81. The molecule has 0 saturated heterocycles. The molecule has 0 spiro atoms. The fourth-order valence-electron chi connectivity index (χ4n) is 3.39. The second-order valence-electron chi connectivity index (χ2n) is 7.13. The summed E-state index contributed by atoms with van der Waals surface area (Å²) in [5.41, 5.74) is 1.49. The number of nitrogens with one attached hydrogen (secondary N) is 2. The minimum absolute atomic E-state index is 0.0260. The SMILES string of the molecule is CCOC(=O)c1c(C)[nH]c(C)c1C(=O)COC(=O)[C@H](C)N=C1NS(=O)(=O)c2ccccc21. The zero-order valence-electron chi connectivity index (χ0n) is 18.0. The molecule has 0 saturated carbocycles. The van der Waals surface area contributed by atoms with Gasteiger partial charge in [0.1, 0.15) is 11.9 Å². The average Bonchev–Trinajstić information content (AvgIpc) is 3.18. The summed E-state index contributed by atoms with van der Waals surface area (Å²) in [4.78, 5) is 44.4. The topological polar surface area (TPSA) is 144 Å². The number of fused-ring (bicyclic) bond motifs is 1. The molecule has 10 nitrogen and oxygen atoms in total. The first-order valence-corrected chi connectivity index (χ1v) is 11.3. The number of ketones is 1. The van der Waals surface area contributed by atoms with Gasteiger partial charge >= 0.3 is 11.9 Å². The number of aryl methyl sites for hydroxylation is 2. The van der Waals surface area contributed by atoms with Gasteiger partial charge in [-0.2, -0.15) is 0 Å². The molecule has 0 radical (unpaired) electrons. The summed E-state index contributed by atoms with van der Waals surface area (Å²) in [6.07, 6.45) is 0. The Kier molecular flexibility index (Phi) is 6.49. The third-order valence-corrected chi connectivity index (χ3v) is 6.20. The fraction of sp³-hybridized carbons (Fsp3) is 0.333. The number of sulfonamides is 1. The number of amidine groups is 1. The van der Waals surface area contributed by atoms with E-state index in [0.29, 0.717) is 17.0 Å². The number of Topliss-reactive ketones (excluding diaryl/α,β-unsaturated/α-hetero) is 1. The highest BCUT2D eigenvalue weighted by atomic mass is 32.2. The lowest BCUT2D eigenvalue weighted by molar-refractivity contribution is -0.143. The number of benzene rings is 1. The maximum atomic E-state index is 12.7. The van der Waals surface area contributed by atoms with Crippen LogP contribution >= 0.6 is 0 Å². The van der Waals surface area contributed by atoms with Crippen molar-refractivity contribution < 1.29 is 32.3 Å². The summed E-state index contributed by atoms with van der Waals surface area (Å²) in [6.45, 7) is 5.88. The molecule has 1 atom stereocenters. The highest BCUT2D eigenvalue weighted by molar-refractivity contribution is 7.90. The van der Waals surface area contributed by atoms with Gasteiger partial charge in [-0.05, 0) is 39.8 Å². The second-order valence-corrected chi connectivity index (χ2v) is 8.78. The van der Waals surface area contributed by atoms with E-state index in [9.17, 15) is 22.8 Å². The van der Waals surface area contributed by atoms with Crippen molar-refractivity contribution >= 4 is 33.6 Å². The molecule has 1 aromatic carbocycles. The van der Waals surface area contributed by atoms with Gasteiger partial charge in [-0.25, -0.2) is 18.0 Å². The largest absolute Gasteiger partial charge is 0.462 e. The van der Waals surface area contributed by atoms with E-state index >= 15 is 0 Å². The van der Waals surface area contributed by atoms with Gasteiger partial charge in [0.25, 0.3) is 10.0 Å². The Morgan fingerprint density at radius 2 is 1.72 bits per heavy atom. The van der Waals surface area contributed by atoms with Crippen LogP contribution in [0.15, 0.2) is 34.2 Å². The molecule has 0 fully saturated rings. The van der Waals surface area contributed by atoms with Crippen LogP contribution in [0.4, 0.5) is 0 Å². The first-order chi connectivity index (χ1) is 15.1. The molecule has 2 aromatic rings. The van der Waals surface area contributed by atoms with Gasteiger partial charge in [-0.15, -0.1) is 0 Å². The first-order valence-electron chi connectivity index (χ1n) is 9.83. The highest BCUT2D eigenvalue weighted by Crippen LogP contribution is 2.23. The smallest absolute Gasteiger partial charge is 0.340 e.